The number of hydrazine groups is 1. The van der Waals surface area contributed by atoms with Crippen molar-refractivity contribution in [1.82, 2.24) is 10.7 Å². The molecule has 0 aromatic carbocycles. The van der Waals surface area contributed by atoms with Crippen molar-refractivity contribution in [3.8, 4) is 0 Å². The fourth-order valence-corrected chi connectivity index (χ4v) is 3.28. The number of hydrogen-bond donors (Lipinski definition) is 3. The molecule has 2 aliphatic rings. The lowest BCUT2D eigenvalue weighted by atomic mass is 9.78. The summed E-state index contributed by atoms with van der Waals surface area (Å²) >= 11 is 0. The number of aliphatic imine (C=N–C) groups is 1. The molecule has 4 nitrogen and oxygen atoms in total. The molecule has 2 saturated carbocycles. The molecular formula is C14H28N4. The van der Waals surface area contributed by atoms with Crippen molar-refractivity contribution in [1.29, 1.82) is 0 Å². The van der Waals surface area contributed by atoms with E-state index in [0.29, 0.717) is 18.0 Å². The van der Waals surface area contributed by atoms with Gasteiger partial charge in [-0.1, -0.05) is 39.5 Å². The third-order valence-electron chi connectivity index (χ3n) is 4.79. The van der Waals surface area contributed by atoms with Crippen molar-refractivity contribution in [3.05, 3.63) is 0 Å². The van der Waals surface area contributed by atoms with Crippen molar-refractivity contribution in [3.63, 3.8) is 0 Å². The Hall–Kier alpha value is -0.770. The van der Waals surface area contributed by atoms with Crippen LogP contribution in [0.15, 0.2) is 4.99 Å². The summed E-state index contributed by atoms with van der Waals surface area (Å²) in [5.74, 6) is 7.84. The molecule has 3 unspecified atom stereocenters. The zero-order valence-electron chi connectivity index (χ0n) is 11.8. The summed E-state index contributed by atoms with van der Waals surface area (Å²) in [4.78, 5) is 4.82. The smallest absolute Gasteiger partial charge is 0.206 e. The second-order valence-electron chi connectivity index (χ2n) is 6.08. The summed E-state index contributed by atoms with van der Waals surface area (Å²) in [6, 6.07) is 0.991. The minimum absolute atomic E-state index is 0.425. The minimum Gasteiger partial charge on any atom is -0.353 e. The van der Waals surface area contributed by atoms with Crippen molar-refractivity contribution < 1.29 is 0 Å². The van der Waals surface area contributed by atoms with Gasteiger partial charge in [0.2, 0.25) is 5.96 Å². The van der Waals surface area contributed by atoms with E-state index >= 15 is 0 Å². The van der Waals surface area contributed by atoms with E-state index in [1.807, 2.05) is 0 Å². The zero-order valence-corrected chi connectivity index (χ0v) is 11.8. The van der Waals surface area contributed by atoms with E-state index in [1.165, 1.54) is 44.9 Å². The molecule has 104 valence electrons. The Morgan fingerprint density at radius 3 is 2.44 bits per heavy atom. The molecule has 2 aliphatic carbocycles. The molecule has 0 amide bonds. The lowest BCUT2D eigenvalue weighted by Gasteiger charge is -2.32. The average molecular weight is 252 g/mol. The molecule has 18 heavy (non-hydrogen) atoms. The Bertz CT molecular complexity index is 284. The maximum Gasteiger partial charge on any atom is 0.206 e. The fraction of sp³-hybridized carbons (Fsp3) is 0.929. The zero-order chi connectivity index (χ0) is 13.0. The average Bonchev–Trinajstić information content (AvgIpc) is 2.86. The van der Waals surface area contributed by atoms with E-state index in [-0.39, 0.29) is 0 Å². The van der Waals surface area contributed by atoms with Gasteiger partial charge in [-0.2, -0.15) is 0 Å². The van der Waals surface area contributed by atoms with Gasteiger partial charge in [0, 0.05) is 6.04 Å². The van der Waals surface area contributed by atoms with Crippen LogP contribution in [-0.4, -0.2) is 18.0 Å². The predicted octanol–water partition coefficient (Wildman–Crippen LogP) is 2.16. The van der Waals surface area contributed by atoms with Crippen molar-refractivity contribution in [2.75, 3.05) is 0 Å². The van der Waals surface area contributed by atoms with Gasteiger partial charge in [0.1, 0.15) is 0 Å². The molecule has 2 rings (SSSR count). The van der Waals surface area contributed by atoms with E-state index < -0.39 is 0 Å². The Balaban J connectivity index is 1.94. The predicted molar refractivity (Wildman–Crippen MR) is 76.1 cm³/mol. The first-order valence-corrected chi connectivity index (χ1v) is 7.51. The highest BCUT2D eigenvalue weighted by molar-refractivity contribution is 5.79. The summed E-state index contributed by atoms with van der Waals surface area (Å²) in [6.07, 6.45) is 8.98. The molecule has 0 aliphatic heterocycles. The molecule has 0 aromatic rings. The molecule has 0 bridgehead atoms. The molecule has 4 heteroatoms. The standard InChI is InChI=1S/C14H28N4/c1-10-6-5-9-13(11(10)2)17-14(18-15)16-12-7-3-4-8-12/h10-13H,3-9,15H2,1-2H3,(H2,16,17,18). The van der Waals surface area contributed by atoms with Crippen LogP contribution in [-0.2, 0) is 0 Å². The van der Waals surface area contributed by atoms with Crippen LogP contribution in [0.25, 0.3) is 0 Å². The van der Waals surface area contributed by atoms with Gasteiger partial charge in [-0.05, 0) is 31.1 Å². The van der Waals surface area contributed by atoms with Gasteiger partial charge in [-0.3, -0.25) is 5.43 Å². The largest absolute Gasteiger partial charge is 0.353 e. The molecule has 3 atom stereocenters. The Labute approximate surface area is 111 Å². The van der Waals surface area contributed by atoms with Crippen LogP contribution in [0.2, 0.25) is 0 Å². The highest BCUT2D eigenvalue weighted by Crippen LogP contribution is 2.31. The minimum atomic E-state index is 0.425. The van der Waals surface area contributed by atoms with Crippen LogP contribution in [0.5, 0.6) is 0 Å². The number of nitrogens with two attached hydrogens (primary N) is 1. The normalized spacial score (nSPS) is 34.6. The summed E-state index contributed by atoms with van der Waals surface area (Å²) < 4.78 is 0. The van der Waals surface area contributed by atoms with Gasteiger partial charge in [0.25, 0.3) is 0 Å². The number of guanidine groups is 1. The number of nitrogens with zero attached hydrogens (tertiary/aromatic N) is 1. The summed E-state index contributed by atoms with van der Waals surface area (Å²) in [6.45, 7) is 4.66. The van der Waals surface area contributed by atoms with E-state index in [0.717, 1.165) is 11.9 Å². The number of nitrogens with one attached hydrogen (secondary N) is 2. The molecule has 0 aromatic heterocycles. The fourth-order valence-electron chi connectivity index (χ4n) is 3.28. The van der Waals surface area contributed by atoms with E-state index in [2.05, 4.69) is 24.6 Å². The topological polar surface area (TPSA) is 62.4 Å². The monoisotopic (exact) mass is 252 g/mol. The molecule has 0 spiro atoms. The van der Waals surface area contributed by atoms with Crippen LogP contribution in [0.3, 0.4) is 0 Å². The molecule has 2 fully saturated rings. The third-order valence-corrected chi connectivity index (χ3v) is 4.79. The molecular weight excluding hydrogens is 224 g/mol. The number of rotatable bonds is 2. The van der Waals surface area contributed by atoms with Gasteiger partial charge in [0.15, 0.2) is 0 Å². The maximum absolute atomic E-state index is 5.60. The van der Waals surface area contributed by atoms with Gasteiger partial charge < -0.3 is 5.32 Å². The Morgan fingerprint density at radius 1 is 1.06 bits per heavy atom. The molecule has 0 saturated heterocycles. The SMILES string of the molecule is CC1CCCC(N=C(NN)NC2CCCC2)C1C. The van der Waals surface area contributed by atoms with Gasteiger partial charge in [-0.25, -0.2) is 10.8 Å². The summed E-state index contributed by atoms with van der Waals surface area (Å²) in [5.41, 5.74) is 2.75. The first-order valence-electron chi connectivity index (χ1n) is 7.51. The van der Waals surface area contributed by atoms with E-state index in [9.17, 15) is 0 Å². The van der Waals surface area contributed by atoms with E-state index in [1.54, 1.807) is 0 Å². The van der Waals surface area contributed by atoms with Gasteiger partial charge in [0.05, 0.1) is 6.04 Å². The first kappa shape index (κ1) is 13.7. The number of hydrogen-bond acceptors (Lipinski definition) is 2. The Kier molecular flexibility index (Phi) is 4.87. The maximum atomic E-state index is 5.60. The van der Waals surface area contributed by atoms with Crippen molar-refractivity contribution in [2.45, 2.75) is 70.9 Å². The van der Waals surface area contributed by atoms with Gasteiger partial charge >= 0.3 is 0 Å². The highest BCUT2D eigenvalue weighted by Gasteiger charge is 2.27. The van der Waals surface area contributed by atoms with Crippen LogP contribution in [0.1, 0.15) is 58.8 Å². The first-order chi connectivity index (χ1) is 8.70. The summed E-state index contributed by atoms with van der Waals surface area (Å²) in [7, 11) is 0. The Morgan fingerprint density at radius 2 is 1.78 bits per heavy atom. The van der Waals surface area contributed by atoms with Gasteiger partial charge in [-0.15, -0.1) is 0 Å². The second kappa shape index (κ2) is 6.41. The molecule has 0 heterocycles. The van der Waals surface area contributed by atoms with Crippen LogP contribution in [0, 0.1) is 11.8 Å². The van der Waals surface area contributed by atoms with Crippen molar-refractivity contribution >= 4 is 5.96 Å². The van der Waals surface area contributed by atoms with Crippen LogP contribution >= 0.6 is 0 Å². The lowest BCUT2D eigenvalue weighted by molar-refractivity contribution is 0.240. The highest BCUT2D eigenvalue weighted by atomic mass is 15.3. The quantitative estimate of drug-likeness (QED) is 0.305. The summed E-state index contributed by atoms with van der Waals surface area (Å²) in [5, 5.41) is 3.46. The molecule has 4 N–H and O–H groups in total. The molecule has 0 radical (unpaired) electrons. The van der Waals surface area contributed by atoms with E-state index in [4.69, 9.17) is 10.8 Å². The lowest BCUT2D eigenvalue weighted by Crippen LogP contribution is -2.47. The third kappa shape index (κ3) is 3.37. The van der Waals surface area contributed by atoms with Crippen LogP contribution < -0.4 is 16.6 Å². The van der Waals surface area contributed by atoms with Crippen LogP contribution in [0.4, 0.5) is 0 Å². The van der Waals surface area contributed by atoms with Crippen molar-refractivity contribution in [2.24, 2.45) is 22.7 Å². The second-order valence-corrected chi connectivity index (χ2v) is 6.08.